The van der Waals surface area contributed by atoms with Crippen LogP contribution in [0.5, 0.6) is 5.75 Å². The maximum absolute atomic E-state index is 12.6. The molecule has 0 atom stereocenters. The van der Waals surface area contributed by atoms with E-state index in [4.69, 9.17) is 14.3 Å². The molecule has 0 aliphatic carbocycles. The first kappa shape index (κ1) is 20.3. The van der Waals surface area contributed by atoms with Crippen molar-refractivity contribution < 1.29 is 22.7 Å². The highest BCUT2D eigenvalue weighted by Crippen LogP contribution is 2.20. The zero-order chi connectivity index (χ0) is 20.0. The van der Waals surface area contributed by atoms with Crippen molar-refractivity contribution in [2.24, 2.45) is 12.2 Å². The minimum Gasteiger partial charge on any atom is -0.490 e. The number of aryl methyl sites for hydroxylation is 1. The third-order valence-corrected chi connectivity index (χ3v) is 6.11. The molecule has 0 saturated carbocycles. The van der Waals surface area contributed by atoms with Crippen LogP contribution in [0.3, 0.4) is 0 Å². The van der Waals surface area contributed by atoms with E-state index in [1.807, 2.05) is 20.2 Å². The molecule has 0 spiro atoms. The number of nitrogens with zero attached hydrogens (tertiary/aromatic N) is 4. The number of rotatable bonds is 8. The summed E-state index contributed by atoms with van der Waals surface area (Å²) in [5, 5.41) is 8.10. The highest BCUT2D eigenvalue weighted by atomic mass is 32.2. The number of ether oxygens (including phenoxy) is 2. The van der Waals surface area contributed by atoms with Crippen LogP contribution in [0.2, 0.25) is 0 Å². The lowest BCUT2D eigenvalue weighted by molar-refractivity contribution is 0.0730. The molecule has 1 aliphatic heterocycles. The molecular weight excluding hydrogens is 384 g/mol. The van der Waals surface area contributed by atoms with Gasteiger partial charge in [0, 0.05) is 31.9 Å². The number of sulfonamides is 1. The summed E-state index contributed by atoms with van der Waals surface area (Å²) >= 11 is 0. The Balaban J connectivity index is 1.47. The molecule has 1 fully saturated rings. The van der Waals surface area contributed by atoms with E-state index in [1.54, 1.807) is 35.1 Å². The van der Waals surface area contributed by atoms with Crippen molar-refractivity contribution in [2.45, 2.75) is 11.8 Å². The first-order valence-electron chi connectivity index (χ1n) is 8.93. The van der Waals surface area contributed by atoms with Gasteiger partial charge in [0.05, 0.1) is 30.0 Å². The summed E-state index contributed by atoms with van der Waals surface area (Å²) in [5.41, 5.74) is 1.62. The van der Waals surface area contributed by atoms with Crippen LogP contribution < -0.4 is 4.74 Å². The van der Waals surface area contributed by atoms with Gasteiger partial charge in [0.1, 0.15) is 12.4 Å². The predicted octanol–water partition coefficient (Wildman–Crippen LogP) is 1.26. The fourth-order valence-electron chi connectivity index (χ4n) is 2.64. The first-order valence-corrected chi connectivity index (χ1v) is 10.4. The Morgan fingerprint density at radius 2 is 1.93 bits per heavy atom. The maximum Gasteiger partial charge on any atom is 0.243 e. The van der Waals surface area contributed by atoms with Crippen LogP contribution in [0.15, 0.2) is 46.7 Å². The molecule has 0 radical (unpaired) electrons. The van der Waals surface area contributed by atoms with Gasteiger partial charge in [-0.25, -0.2) is 8.42 Å². The van der Waals surface area contributed by atoms with E-state index < -0.39 is 10.0 Å². The van der Waals surface area contributed by atoms with Crippen LogP contribution in [-0.2, 0) is 26.6 Å². The van der Waals surface area contributed by atoms with Gasteiger partial charge in [-0.1, -0.05) is 5.16 Å². The van der Waals surface area contributed by atoms with Gasteiger partial charge in [0.15, 0.2) is 6.61 Å². The van der Waals surface area contributed by atoms with Crippen LogP contribution in [0.4, 0.5) is 0 Å². The van der Waals surface area contributed by atoms with Gasteiger partial charge in [-0.05, 0) is 31.2 Å². The van der Waals surface area contributed by atoms with E-state index in [-0.39, 0.29) is 11.5 Å². The van der Waals surface area contributed by atoms with E-state index in [9.17, 15) is 8.42 Å². The number of hydrogen-bond donors (Lipinski definition) is 0. The molecule has 1 aromatic heterocycles. The standard InChI is InChI=1S/C18H24N4O5S/c1-15(16-13-19-21(2)14-16)20-27-12-11-26-17-3-5-18(6-4-17)28(23,24)22-7-9-25-10-8-22/h3-6,13-14H,7-12H2,1-2H3/b20-15-. The molecule has 1 aromatic carbocycles. The van der Waals surface area contributed by atoms with Gasteiger partial charge in [-0.2, -0.15) is 9.40 Å². The fraction of sp³-hybridized carbons (Fsp3) is 0.444. The largest absolute Gasteiger partial charge is 0.490 e. The summed E-state index contributed by atoms with van der Waals surface area (Å²) in [6.07, 6.45) is 3.57. The van der Waals surface area contributed by atoms with E-state index in [2.05, 4.69) is 10.3 Å². The summed E-state index contributed by atoms with van der Waals surface area (Å²) in [6, 6.07) is 6.37. The van der Waals surface area contributed by atoms with Crippen molar-refractivity contribution in [1.82, 2.24) is 14.1 Å². The Labute approximate surface area is 164 Å². The molecule has 9 nitrogen and oxygen atoms in total. The summed E-state index contributed by atoms with van der Waals surface area (Å²) in [5.74, 6) is 0.567. The molecular formula is C18H24N4O5S. The van der Waals surface area contributed by atoms with Crippen LogP contribution in [0.1, 0.15) is 12.5 Å². The van der Waals surface area contributed by atoms with E-state index in [0.717, 1.165) is 11.3 Å². The summed E-state index contributed by atoms with van der Waals surface area (Å²) in [6.45, 7) is 3.98. The average molecular weight is 408 g/mol. The van der Waals surface area contributed by atoms with Crippen molar-refractivity contribution in [1.29, 1.82) is 0 Å². The topological polar surface area (TPSA) is 95.2 Å². The lowest BCUT2D eigenvalue weighted by Gasteiger charge is -2.26. The van der Waals surface area contributed by atoms with E-state index in [1.165, 1.54) is 4.31 Å². The number of aromatic nitrogens is 2. The Hall–Kier alpha value is -2.43. The van der Waals surface area contributed by atoms with Gasteiger partial charge >= 0.3 is 0 Å². The number of benzene rings is 1. The molecule has 2 heterocycles. The summed E-state index contributed by atoms with van der Waals surface area (Å²) in [4.78, 5) is 5.49. The Morgan fingerprint density at radius 1 is 1.21 bits per heavy atom. The van der Waals surface area contributed by atoms with Crippen molar-refractivity contribution in [3.63, 3.8) is 0 Å². The molecule has 152 valence electrons. The molecule has 0 amide bonds. The predicted molar refractivity (Wildman–Crippen MR) is 103 cm³/mol. The minimum absolute atomic E-state index is 0.245. The molecule has 0 unspecified atom stereocenters. The smallest absolute Gasteiger partial charge is 0.243 e. The number of morpholine rings is 1. The summed E-state index contributed by atoms with van der Waals surface area (Å²) in [7, 11) is -1.66. The molecule has 0 bridgehead atoms. The Morgan fingerprint density at radius 3 is 2.57 bits per heavy atom. The average Bonchev–Trinajstić information content (AvgIpc) is 3.15. The fourth-order valence-corrected chi connectivity index (χ4v) is 4.05. The maximum atomic E-state index is 12.6. The van der Waals surface area contributed by atoms with Crippen molar-refractivity contribution in [2.75, 3.05) is 39.5 Å². The lowest BCUT2D eigenvalue weighted by atomic mass is 10.2. The highest BCUT2D eigenvalue weighted by molar-refractivity contribution is 7.89. The molecule has 3 rings (SSSR count). The Bertz CT molecular complexity index is 902. The second kappa shape index (κ2) is 9.18. The molecule has 0 N–H and O–H groups in total. The van der Waals surface area contributed by atoms with Crippen molar-refractivity contribution >= 4 is 15.7 Å². The van der Waals surface area contributed by atoms with Crippen LogP contribution in [-0.4, -0.2) is 67.7 Å². The number of hydrogen-bond acceptors (Lipinski definition) is 7. The molecule has 28 heavy (non-hydrogen) atoms. The third-order valence-electron chi connectivity index (χ3n) is 4.20. The zero-order valence-corrected chi connectivity index (χ0v) is 16.8. The van der Waals surface area contributed by atoms with E-state index >= 15 is 0 Å². The molecule has 1 aliphatic rings. The highest BCUT2D eigenvalue weighted by Gasteiger charge is 2.26. The second-order valence-electron chi connectivity index (χ2n) is 6.25. The van der Waals surface area contributed by atoms with Crippen LogP contribution in [0.25, 0.3) is 0 Å². The second-order valence-corrected chi connectivity index (χ2v) is 8.19. The van der Waals surface area contributed by atoms with Gasteiger partial charge in [-0.3, -0.25) is 4.68 Å². The van der Waals surface area contributed by atoms with Gasteiger partial charge in [-0.15, -0.1) is 0 Å². The van der Waals surface area contributed by atoms with Gasteiger partial charge < -0.3 is 14.3 Å². The number of oxime groups is 1. The Kier molecular flexibility index (Phi) is 6.65. The normalized spacial score (nSPS) is 16.1. The van der Waals surface area contributed by atoms with Crippen LogP contribution in [0, 0.1) is 0 Å². The van der Waals surface area contributed by atoms with E-state index in [0.29, 0.717) is 38.7 Å². The summed E-state index contributed by atoms with van der Waals surface area (Å²) < 4.78 is 39.0. The zero-order valence-electron chi connectivity index (χ0n) is 15.9. The SMILES string of the molecule is C/C(=N/OCCOc1ccc(S(=O)(=O)N2CCOCC2)cc1)c1cnn(C)c1. The lowest BCUT2D eigenvalue weighted by Crippen LogP contribution is -2.40. The van der Waals surface area contributed by atoms with Gasteiger partial charge in [0.25, 0.3) is 0 Å². The third kappa shape index (κ3) is 5.09. The quantitative estimate of drug-likeness (QED) is 0.371. The minimum atomic E-state index is -3.49. The van der Waals surface area contributed by atoms with Crippen molar-refractivity contribution in [3.8, 4) is 5.75 Å². The monoisotopic (exact) mass is 408 g/mol. The molecule has 2 aromatic rings. The molecule has 10 heteroatoms. The van der Waals surface area contributed by atoms with Gasteiger partial charge in [0.2, 0.25) is 10.0 Å². The molecule has 1 saturated heterocycles. The first-order chi connectivity index (χ1) is 13.5. The van der Waals surface area contributed by atoms with Crippen molar-refractivity contribution in [3.05, 3.63) is 42.2 Å². The van der Waals surface area contributed by atoms with Crippen LogP contribution >= 0.6 is 0 Å².